The standard InChI is InChI=1S/C29H38O/c1-4-20-10-12-22(13-11-20)18-24-8-7-9-25-26(24)19-27(28(30)6-3)29(25)23-16-14-21(5-2)15-17-23/h10-14,16-17,19,21,24-25,27,29H,4-9,15,18H2,1-3H3. The molecular weight excluding hydrogens is 364 g/mol. The van der Waals surface area contributed by atoms with Crippen LogP contribution in [0.1, 0.15) is 70.4 Å². The largest absolute Gasteiger partial charge is 0.299 e. The summed E-state index contributed by atoms with van der Waals surface area (Å²) >= 11 is 0. The number of benzene rings is 1. The molecule has 5 atom stereocenters. The minimum absolute atomic E-state index is 0.0899. The van der Waals surface area contributed by atoms with E-state index in [0.717, 1.165) is 19.3 Å². The average molecular weight is 403 g/mol. The van der Waals surface area contributed by atoms with E-state index in [1.165, 1.54) is 42.4 Å². The van der Waals surface area contributed by atoms with E-state index in [4.69, 9.17) is 0 Å². The smallest absolute Gasteiger partial charge is 0.140 e. The molecule has 0 saturated heterocycles. The summed E-state index contributed by atoms with van der Waals surface area (Å²) in [6.07, 6.45) is 18.7. The molecule has 1 fully saturated rings. The molecule has 1 saturated carbocycles. The van der Waals surface area contributed by atoms with Crippen LogP contribution in [0.2, 0.25) is 0 Å². The fourth-order valence-electron chi connectivity index (χ4n) is 6.04. The zero-order valence-electron chi connectivity index (χ0n) is 19.1. The van der Waals surface area contributed by atoms with Gasteiger partial charge in [-0.2, -0.15) is 0 Å². The second-order valence-electron chi connectivity index (χ2n) is 9.61. The monoisotopic (exact) mass is 402 g/mol. The molecule has 0 radical (unpaired) electrons. The number of Topliss-reactive ketones (excluding diaryl/α,β-unsaturated/α-hetero) is 1. The van der Waals surface area contributed by atoms with Gasteiger partial charge in [0.05, 0.1) is 0 Å². The Labute approximate surface area is 183 Å². The van der Waals surface area contributed by atoms with Gasteiger partial charge in [0.25, 0.3) is 0 Å². The number of hydrogen-bond acceptors (Lipinski definition) is 1. The van der Waals surface area contributed by atoms with Crippen LogP contribution in [0.15, 0.2) is 59.7 Å². The Morgan fingerprint density at radius 3 is 2.43 bits per heavy atom. The summed E-state index contributed by atoms with van der Waals surface area (Å²) in [5.74, 6) is 2.74. The molecule has 0 aliphatic heterocycles. The second-order valence-corrected chi connectivity index (χ2v) is 9.61. The molecule has 0 N–H and O–H groups in total. The molecule has 3 aliphatic rings. The van der Waals surface area contributed by atoms with Gasteiger partial charge >= 0.3 is 0 Å². The molecule has 0 amide bonds. The van der Waals surface area contributed by atoms with Gasteiger partial charge < -0.3 is 0 Å². The van der Waals surface area contributed by atoms with Crippen molar-refractivity contribution in [2.24, 2.45) is 29.6 Å². The Morgan fingerprint density at radius 2 is 1.80 bits per heavy atom. The Morgan fingerprint density at radius 1 is 1.03 bits per heavy atom. The molecule has 5 unspecified atom stereocenters. The molecule has 3 aliphatic carbocycles. The Kier molecular flexibility index (Phi) is 6.76. The molecule has 0 heterocycles. The molecule has 160 valence electrons. The average Bonchev–Trinajstić information content (AvgIpc) is 3.20. The lowest BCUT2D eigenvalue weighted by Gasteiger charge is -2.35. The summed E-state index contributed by atoms with van der Waals surface area (Å²) in [6.45, 7) is 6.52. The third-order valence-corrected chi connectivity index (χ3v) is 7.92. The maximum atomic E-state index is 13.0. The van der Waals surface area contributed by atoms with E-state index < -0.39 is 0 Å². The third kappa shape index (κ3) is 4.27. The first kappa shape index (κ1) is 21.3. The minimum atomic E-state index is 0.0899. The number of rotatable bonds is 7. The predicted molar refractivity (Wildman–Crippen MR) is 126 cm³/mol. The van der Waals surface area contributed by atoms with Gasteiger partial charge in [0.2, 0.25) is 0 Å². The summed E-state index contributed by atoms with van der Waals surface area (Å²) < 4.78 is 0. The molecule has 0 bridgehead atoms. The lowest BCUT2D eigenvalue weighted by atomic mass is 9.69. The number of allylic oxidation sites excluding steroid dienone is 6. The maximum Gasteiger partial charge on any atom is 0.140 e. The van der Waals surface area contributed by atoms with Crippen LogP contribution in [-0.2, 0) is 17.6 Å². The van der Waals surface area contributed by atoms with Gasteiger partial charge in [-0.05, 0) is 73.0 Å². The SMILES string of the molecule is CCC(=O)C1C=C2C(Cc3ccc(CC)cc3)CCCC2C1C1=CCC(CC)C=C1. The van der Waals surface area contributed by atoms with Crippen LogP contribution in [0.25, 0.3) is 0 Å². The molecule has 0 aromatic heterocycles. The van der Waals surface area contributed by atoms with E-state index >= 15 is 0 Å². The van der Waals surface area contributed by atoms with Crippen LogP contribution in [-0.4, -0.2) is 5.78 Å². The zero-order valence-corrected chi connectivity index (χ0v) is 19.1. The van der Waals surface area contributed by atoms with E-state index in [1.807, 2.05) is 6.92 Å². The van der Waals surface area contributed by atoms with Gasteiger partial charge in [-0.15, -0.1) is 0 Å². The zero-order chi connectivity index (χ0) is 21.1. The van der Waals surface area contributed by atoms with Gasteiger partial charge in [-0.3, -0.25) is 4.79 Å². The summed E-state index contributed by atoms with van der Waals surface area (Å²) in [7, 11) is 0. The van der Waals surface area contributed by atoms with Crippen LogP contribution < -0.4 is 0 Å². The van der Waals surface area contributed by atoms with Crippen molar-refractivity contribution in [2.75, 3.05) is 0 Å². The highest BCUT2D eigenvalue weighted by molar-refractivity contribution is 5.84. The number of aryl methyl sites for hydroxylation is 1. The second kappa shape index (κ2) is 9.50. The van der Waals surface area contributed by atoms with E-state index in [-0.39, 0.29) is 5.92 Å². The van der Waals surface area contributed by atoms with E-state index in [9.17, 15) is 4.79 Å². The highest BCUT2D eigenvalue weighted by atomic mass is 16.1. The van der Waals surface area contributed by atoms with Gasteiger partial charge in [-0.1, -0.05) is 81.3 Å². The number of hydrogen-bond donors (Lipinski definition) is 0. The summed E-state index contributed by atoms with van der Waals surface area (Å²) in [6, 6.07) is 9.21. The van der Waals surface area contributed by atoms with Crippen LogP contribution in [0, 0.1) is 29.6 Å². The number of fused-ring (bicyclic) bond motifs is 1. The van der Waals surface area contributed by atoms with Gasteiger partial charge in [0.1, 0.15) is 5.78 Å². The van der Waals surface area contributed by atoms with Crippen LogP contribution in [0.4, 0.5) is 0 Å². The first-order valence-corrected chi connectivity index (χ1v) is 12.3. The van der Waals surface area contributed by atoms with Crippen molar-refractivity contribution in [1.29, 1.82) is 0 Å². The van der Waals surface area contributed by atoms with E-state index in [2.05, 4.69) is 62.4 Å². The molecular formula is C29H38O. The molecule has 1 nitrogen and oxygen atoms in total. The fraction of sp³-hybridized carbons (Fsp3) is 0.552. The predicted octanol–water partition coefficient (Wildman–Crippen LogP) is 7.27. The highest BCUT2D eigenvalue weighted by Gasteiger charge is 2.44. The maximum absolute atomic E-state index is 13.0. The van der Waals surface area contributed by atoms with Crippen molar-refractivity contribution in [3.63, 3.8) is 0 Å². The Bertz CT molecular complexity index is 838. The summed E-state index contributed by atoms with van der Waals surface area (Å²) in [5.41, 5.74) is 5.90. The van der Waals surface area contributed by atoms with Crippen molar-refractivity contribution < 1.29 is 4.79 Å². The first-order chi connectivity index (χ1) is 14.6. The Balaban J connectivity index is 1.58. The quantitative estimate of drug-likeness (QED) is 0.438. The molecule has 30 heavy (non-hydrogen) atoms. The third-order valence-electron chi connectivity index (χ3n) is 7.92. The lowest BCUT2D eigenvalue weighted by molar-refractivity contribution is -0.122. The van der Waals surface area contributed by atoms with Crippen LogP contribution in [0.3, 0.4) is 0 Å². The van der Waals surface area contributed by atoms with Crippen LogP contribution in [0.5, 0.6) is 0 Å². The number of carbonyl (C=O) groups excluding carboxylic acids is 1. The molecule has 1 aromatic carbocycles. The summed E-state index contributed by atoms with van der Waals surface area (Å²) in [5, 5.41) is 0. The molecule has 1 heteroatoms. The molecule has 4 rings (SSSR count). The normalized spacial score (nSPS) is 30.6. The number of carbonyl (C=O) groups is 1. The molecule has 0 spiro atoms. The van der Waals surface area contributed by atoms with E-state index in [0.29, 0.717) is 35.9 Å². The van der Waals surface area contributed by atoms with Crippen molar-refractivity contribution >= 4 is 5.78 Å². The number of ketones is 1. The topological polar surface area (TPSA) is 17.1 Å². The highest BCUT2D eigenvalue weighted by Crippen LogP contribution is 2.52. The summed E-state index contributed by atoms with van der Waals surface area (Å²) in [4.78, 5) is 13.0. The van der Waals surface area contributed by atoms with Gasteiger partial charge in [0, 0.05) is 18.3 Å². The molecule has 1 aromatic rings. The fourth-order valence-corrected chi connectivity index (χ4v) is 6.04. The van der Waals surface area contributed by atoms with Gasteiger partial charge in [0.15, 0.2) is 0 Å². The first-order valence-electron chi connectivity index (χ1n) is 12.3. The van der Waals surface area contributed by atoms with Crippen molar-refractivity contribution in [3.8, 4) is 0 Å². The van der Waals surface area contributed by atoms with Gasteiger partial charge in [-0.25, -0.2) is 0 Å². The van der Waals surface area contributed by atoms with Crippen LogP contribution >= 0.6 is 0 Å². The Hall–Kier alpha value is -1.89. The minimum Gasteiger partial charge on any atom is -0.299 e. The van der Waals surface area contributed by atoms with E-state index in [1.54, 1.807) is 5.57 Å². The van der Waals surface area contributed by atoms with Crippen molar-refractivity contribution in [2.45, 2.75) is 72.1 Å². The van der Waals surface area contributed by atoms with Crippen molar-refractivity contribution in [3.05, 3.63) is 70.8 Å². The van der Waals surface area contributed by atoms with Crippen molar-refractivity contribution in [1.82, 2.24) is 0 Å². The lowest BCUT2D eigenvalue weighted by Crippen LogP contribution is -2.28.